The molecule has 20 nitrogen and oxygen atoms in total. The number of aryl methyl sites for hydroxylation is 2. The summed E-state index contributed by atoms with van der Waals surface area (Å²) in [6.07, 6.45) is 3.60. The zero-order valence-corrected chi connectivity index (χ0v) is 42.4. The van der Waals surface area contributed by atoms with Gasteiger partial charge in [-0.1, -0.05) is 56.0 Å². The Morgan fingerprint density at radius 1 is 0.870 bits per heavy atom. The van der Waals surface area contributed by atoms with E-state index in [4.69, 9.17) is 19.2 Å². The Bertz CT molecular complexity index is 3310. The molecule has 21 heteroatoms. The lowest BCUT2D eigenvalue weighted by molar-refractivity contribution is -0.131. The molecule has 77 heavy (non-hydrogen) atoms. The highest BCUT2D eigenvalue weighted by molar-refractivity contribution is 6.28. The van der Waals surface area contributed by atoms with Gasteiger partial charge in [0.1, 0.15) is 36.6 Å². The Morgan fingerprint density at radius 3 is 2.31 bits per heavy atom. The number of rotatable bonds is 21. The molecule has 5 heterocycles. The van der Waals surface area contributed by atoms with E-state index < -0.39 is 78.7 Å². The zero-order chi connectivity index (χ0) is 54.5. The second-order valence-corrected chi connectivity index (χ2v) is 19.1. The van der Waals surface area contributed by atoms with Gasteiger partial charge in [-0.25, -0.2) is 14.3 Å². The molecule has 0 fully saturated rings. The summed E-state index contributed by atoms with van der Waals surface area (Å²) in [5.74, 6) is -4.11. The molecule has 3 aliphatic heterocycles. The number of anilines is 1. The Balaban J connectivity index is 0.730. The second-order valence-electron chi connectivity index (χ2n) is 19.1. The maximum Gasteiger partial charge on any atom is 0.258 e. The molecule has 3 atom stereocenters. The Labute approximate surface area is 441 Å². The van der Waals surface area contributed by atoms with Crippen LogP contribution in [0.25, 0.3) is 22.3 Å². The van der Waals surface area contributed by atoms with E-state index in [-0.39, 0.29) is 69.5 Å². The number of benzene rings is 3. The third-order valence-corrected chi connectivity index (χ3v) is 14.3. The van der Waals surface area contributed by atoms with Gasteiger partial charge in [-0.15, -0.1) is 0 Å². The molecule has 3 aromatic carbocycles. The molecule has 4 aliphatic rings. The quantitative estimate of drug-likeness (QED) is 0.0345. The van der Waals surface area contributed by atoms with Crippen LogP contribution in [0.2, 0.25) is 0 Å². The lowest BCUT2D eigenvalue weighted by atomic mass is 9.82. The minimum Gasteiger partial charge on any atom is -0.490 e. The van der Waals surface area contributed by atoms with Crippen molar-refractivity contribution in [2.45, 2.75) is 83.3 Å². The van der Waals surface area contributed by atoms with Crippen LogP contribution in [-0.4, -0.2) is 102 Å². The van der Waals surface area contributed by atoms with Crippen LogP contribution in [0.5, 0.6) is 0 Å². The van der Waals surface area contributed by atoms with Crippen molar-refractivity contribution in [3.8, 4) is 11.4 Å². The normalized spacial score (nSPS) is 17.3. The molecular weight excluding hydrogens is 996 g/mol. The molecule has 6 N–H and O–H groups in total. The van der Waals surface area contributed by atoms with Crippen LogP contribution in [0, 0.1) is 12.7 Å². The van der Waals surface area contributed by atoms with Gasteiger partial charge in [-0.05, 0) is 78.6 Å². The molecule has 0 unspecified atom stereocenters. The molecule has 5 aromatic rings. The monoisotopic (exact) mass is 1050 g/mol. The van der Waals surface area contributed by atoms with Crippen LogP contribution in [0.15, 0.2) is 96.0 Å². The minimum atomic E-state index is -1.57. The molecule has 0 bridgehead atoms. The highest BCUT2D eigenvalue weighted by Gasteiger charge is 2.42. The van der Waals surface area contributed by atoms with Crippen molar-refractivity contribution in [3.05, 3.63) is 152 Å². The topological polar surface area (TPSA) is 266 Å². The molecule has 400 valence electrons. The SMILES string of the molecule is C=C1OCc2c(cc3n(c2=O)Cc2c-3nc3cc(F)c(C)c4c3c2[C@@H](OCCOCNC(=O)CNC(=O)[C@H](Cc2ccccc2)NC(=O)CNC(=O)CNC(=O)CCc2ccc(N3C(=O)C=CC3=O)cc2)CC4)[C@@]1(O)CC. The van der Waals surface area contributed by atoms with Gasteiger partial charge >= 0.3 is 0 Å². The number of pyridine rings is 2. The van der Waals surface area contributed by atoms with Gasteiger partial charge in [-0.3, -0.25) is 38.4 Å². The number of carbonyl (C=O) groups excluding carboxylic acids is 7. The molecule has 0 saturated carbocycles. The lowest BCUT2D eigenvalue weighted by Crippen LogP contribution is -2.52. The number of nitrogens with zero attached hydrogens (tertiary/aromatic N) is 3. The van der Waals surface area contributed by atoms with Crippen molar-refractivity contribution in [3.63, 3.8) is 0 Å². The predicted molar refractivity (Wildman–Crippen MR) is 277 cm³/mol. The molecule has 2 aromatic heterocycles. The van der Waals surface area contributed by atoms with Crippen molar-refractivity contribution in [1.82, 2.24) is 36.1 Å². The zero-order valence-electron chi connectivity index (χ0n) is 42.4. The van der Waals surface area contributed by atoms with E-state index in [2.05, 4.69) is 33.2 Å². The van der Waals surface area contributed by atoms with Crippen LogP contribution in [-0.2, 0) is 85.8 Å². The number of carbonyl (C=O) groups is 7. The van der Waals surface area contributed by atoms with E-state index in [1.165, 1.54) is 18.2 Å². The van der Waals surface area contributed by atoms with E-state index in [9.17, 15) is 43.5 Å². The Hall–Kier alpha value is -8.40. The van der Waals surface area contributed by atoms with Gasteiger partial charge in [0, 0.05) is 47.6 Å². The molecule has 0 radical (unpaired) electrons. The highest BCUT2D eigenvalue weighted by atomic mass is 19.1. The first-order valence-electron chi connectivity index (χ1n) is 25.3. The van der Waals surface area contributed by atoms with Crippen molar-refractivity contribution in [1.29, 1.82) is 0 Å². The first kappa shape index (κ1) is 53.4. The fourth-order valence-electron chi connectivity index (χ4n) is 10.1. The molecule has 7 amide bonds. The van der Waals surface area contributed by atoms with E-state index >= 15 is 4.39 Å². The van der Waals surface area contributed by atoms with Crippen molar-refractivity contribution >= 4 is 57.9 Å². The third kappa shape index (κ3) is 11.3. The first-order valence-corrected chi connectivity index (χ1v) is 25.3. The van der Waals surface area contributed by atoms with Crippen molar-refractivity contribution in [2.24, 2.45) is 0 Å². The van der Waals surface area contributed by atoms with Gasteiger partial charge in [-0.2, -0.15) is 0 Å². The van der Waals surface area contributed by atoms with Crippen molar-refractivity contribution < 1.29 is 57.3 Å². The predicted octanol–water partition coefficient (Wildman–Crippen LogP) is 2.75. The summed E-state index contributed by atoms with van der Waals surface area (Å²) in [7, 11) is 0. The number of amides is 7. The summed E-state index contributed by atoms with van der Waals surface area (Å²) in [4.78, 5) is 108. The number of ether oxygens (including phenoxy) is 3. The van der Waals surface area contributed by atoms with Gasteiger partial charge in [0.25, 0.3) is 17.4 Å². The fraction of sp³-hybridized carbons (Fsp3) is 0.339. The number of hydrogen-bond acceptors (Lipinski definition) is 13. The largest absolute Gasteiger partial charge is 0.490 e. The van der Waals surface area contributed by atoms with Gasteiger partial charge in [0.2, 0.25) is 29.5 Å². The van der Waals surface area contributed by atoms with Crippen LogP contribution < -0.4 is 37.0 Å². The van der Waals surface area contributed by atoms with Crippen LogP contribution in [0.3, 0.4) is 0 Å². The summed E-state index contributed by atoms with van der Waals surface area (Å²) in [5, 5.41) is 25.0. The van der Waals surface area contributed by atoms with E-state index in [0.29, 0.717) is 58.5 Å². The number of imide groups is 1. The van der Waals surface area contributed by atoms with E-state index in [0.717, 1.165) is 38.1 Å². The fourth-order valence-corrected chi connectivity index (χ4v) is 10.1. The maximum atomic E-state index is 15.4. The molecule has 1 aliphatic carbocycles. The maximum absolute atomic E-state index is 15.4. The van der Waals surface area contributed by atoms with Crippen LogP contribution in [0.1, 0.15) is 76.8 Å². The molecule has 0 saturated heterocycles. The Morgan fingerprint density at radius 2 is 1.57 bits per heavy atom. The van der Waals surface area contributed by atoms with Gasteiger partial charge in [0.15, 0.2) is 0 Å². The summed E-state index contributed by atoms with van der Waals surface area (Å²) in [6, 6.07) is 17.5. The van der Waals surface area contributed by atoms with Crippen LogP contribution >= 0.6 is 0 Å². The lowest BCUT2D eigenvalue weighted by Gasteiger charge is -2.35. The minimum absolute atomic E-state index is 0.0336. The highest BCUT2D eigenvalue weighted by Crippen LogP contribution is 2.47. The number of aliphatic hydroxyl groups is 1. The number of halogens is 1. The standard InChI is InChI=1S/C56H57FN8O12/c1-4-56(74)32(3)77-29-38-39(56)23-43-53-37(28-64(43)55(38)73)52-44(16-15-36-31(2)40(57)24-41(63-53)51(36)52)76-21-20-75-30-61-47(68)26-60-54(72)42(22-34-8-6-5-7-9-34)62-48(69)27-59-46(67)25-58-45(66)17-12-33-10-13-35(14-11-33)65-49(70)18-19-50(65)71/h5-11,13-14,18-19,23-24,42,44,74H,3-4,12,15-17,20-22,25-30H2,1-2H3,(H,58,66)(H,59,67)(H,60,72)(H,61,68)(H,62,69)/t42-,44-,56+/m0/s1. The van der Waals surface area contributed by atoms with Crippen molar-refractivity contribution in [2.75, 3.05) is 44.5 Å². The van der Waals surface area contributed by atoms with E-state index in [1.807, 2.05) is 0 Å². The Kier molecular flexibility index (Phi) is 15.8. The average Bonchev–Trinajstić information content (AvgIpc) is 4.18. The average molecular weight is 1050 g/mol. The van der Waals surface area contributed by atoms with Gasteiger partial charge in [0.05, 0.1) is 73.7 Å². The van der Waals surface area contributed by atoms with Crippen LogP contribution in [0.4, 0.5) is 10.1 Å². The summed E-state index contributed by atoms with van der Waals surface area (Å²) in [6.45, 7) is 6.18. The number of fused-ring (bicyclic) bond motifs is 5. The molecule has 9 rings (SSSR count). The summed E-state index contributed by atoms with van der Waals surface area (Å²) in [5.41, 5.74) is 5.11. The summed E-state index contributed by atoms with van der Waals surface area (Å²) < 4.78 is 34.8. The number of hydrogen-bond donors (Lipinski definition) is 6. The second kappa shape index (κ2) is 22.8. The molecule has 0 spiro atoms. The third-order valence-electron chi connectivity index (χ3n) is 14.3. The number of nitrogens with one attached hydrogen (secondary N) is 5. The van der Waals surface area contributed by atoms with E-state index in [1.54, 1.807) is 79.1 Å². The smallest absolute Gasteiger partial charge is 0.258 e. The first-order chi connectivity index (χ1) is 37.0. The molecular formula is C56H57FN8O12. The summed E-state index contributed by atoms with van der Waals surface area (Å²) >= 11 is 0. The number of aromatic nitrogens is 2. The van der Waals surface area contributed by atoms with Gasteiger partial charge < -0.3 is 50.5 Å².